The van der Waals surface area contributed by atoms with Gasteiger partial charge in [0.15, 0.2) is 0 Å². The lowest BCUT2D eigenvalue weighted by molar-refractivity contribution is -0.139. The van der Waals surface area contributed by atoms with Crippen molar-refractivity contribution < 1.29 is 28.9 Å². The van der Waals surface area contributed by atoms with Gasteiger partial charge >= 0.3 is 13.3 Å². The quantitative estimate of drug-likeness (QED) is 0.294. The number of hydrogen-bond acceptors (Lipinski definition) is 4. The Bertz CT molecular complexity index is 1410. The lowest BCUT2D eigenvalue weighted by atomic mass is 10.0. The fourth-order valence-electron chi connectivity index (χ4n) is 3.37. The molecule has 36 heavy (non-hydrogen) atoms. The summed E-state index contributed by atoms with van der Waals surface area (Å²) >= 11 is 12.5. The fourth-order valence-corrected chi connectivity index (χ4v) is 5.03. The number of halogens is 2. The Hall–Kier alpha value is -3.27. The number of methoxy groups -OCH3 is 1. The Balaban J connectivity index is 1.83. The van der Waals surface area contributed by atoms with Crippen molar-refractivity contribution in [2.24, 2.45) is 0 Å². The van der Waals surface area contributed by atoms with Gasteiger partial charge in [0, 0.05) is 12.0 Å². The molecular formula is C26H22Cl2NO6P. The summed E-state index contributed by atoms with van der Waals surface area (Å²) in [4.78, 5) is 35.0. The highest BCUT2D eigenvalue weighted by molar-refractivity contribution is 7.71. The first-order valence-corrected chi connectivity index (χ1v) is 13.0. The van der Waals surface area contributed by atoms with Crippen LogP contribution in [0.25, 0.3) is 0 Å². The maximum atomic E-state index is 12.9. The number of carbonyl (C=O) groups excluding carboxylic acids is 1. The van der Waals surface area contributed by atoms with Gasteiger partial charge in [-0.3, -0.25) is 9.36 Å². The van der Waals surface area contributed by atoms with Crippen molar-refractivity contribution in [1.82, 2.24) is 5.32 Å². The van der Waals surface area contributed by atoms with E-state index in [4.69, 9.17) is 27.9 Å². The minimum atomic E-state index is -4.05. The fraction of sp³-hybridized carbons (Fsp3) is 0.154. The molecule has 3 rings (SSSR count). The van der Waals surface area contributed by atoms with Crippen LogP contribution in [0.3, 0.4) is 0 Å². The molecule has 0 radical (unpaired) electrons. The van der Waals surface area contributed by atoms with Gasteiger partial charge < -0.3 is 20.1 Å². The van der Waals surface area contributed by atoms with Crippen LogP contribution < -0.4 is 15.4 Å². The normalized spacial score (nSPS) is 13.0. The molecule has 3 aromatic carbocycles. The summed E-state index contributed by atoms with van der Waals surface area (Å²) in [7, 11) is -2.61. The Morgan fingerprint density at radius 2 is 1.75 bits per heavy atom. The third-order valence-electron chi connectivity index (χ3n) is 5.15. The van der Waals surface area contributed by atoms with Gasteiger partial charge in [-0.25, -0.2) is 4.79 Å². The van der Waals surface area contributed by atoms with E-state index in [1.165, 1.54) is 31.4 Å². The molecule has 7 nitrogen and oxygen atoms in total. The van der Waals surface area contributed by atoms with Crippen LogP contribution >= 0.6 is 30.6 Å². The van der Waals surface area contributed by atoms with E-state index < -0.39 is 25.3 Å². The van der Waals surface area contributed by atoms with Crippen LogP contribution in [-0.4, -0.2) is 35.0 Å². The molecule has 0 aromatic heterocycles. The zero-order chi connectivity index (χ0) is 26.5. The highest BCUT2D eigenvalue weighted by atomic mass is 35.5. The predicted molar refractivity (Wildman–Crippen MR) is 140 cm³/mol. The van der Waals surface area contributed by atoms with Crippen LogP contribution in [0.1, 0.15) is 27.0 Å². The van der Waals surface area contributed by atoms with Crippen LogP contribution in [0.4, 0.5) is 0 Å². The van der Waals surface area contributed by atoms with Gasteiger partial charge in [0.05, 0.1) is 28.0 Å². The third-order valence-corrected chi connectivity index (χ3v) is 7.14. The van der Waals surface area contributed by atoms with Gasteiger partial charge in [-0.1, -0.05) is 65.0 Å². The first-order chi connectivity index (χ1) is 17.0. The summed E-state index contributed by atoms with van der Waals surface area (Å²) in [5.74, 6) is 0.994. The number of ether oxygens (including phenoxy) is 1. The van der Waals surface area contributed by atoms with Crippen LogP contribution in [0, 0.1) is 18.5 Å². The number of aryl methyl sites for hydroxylation is 1. The maximum Gasteiger partial charge on any atom is 0.326 e. The number of amides is 1. The summed E-state index contributed by atoms with van der Waals surface area (Å²) in [6.45, 7) is 1.88. The summed E-state index contributed by atoms with van der Waals surface area (Å²) < 4.78 is 17.8. The number of aliphatic carboxylic acids is 1. The largest absolute Gasteiger partial charge is 0.497 e. The summed E-state index contributed by atoms with van der Waals surface area (Å²) in [6, 6.07) is 14.8. The molecule has 3 aromatic rings. The molecule has 0 aliphatic heterocycles. The van der Waals surface area contributed by atoms with E-state index in [2.05, 4.69) is 16.9 Å². The number of hydrogen-bond donors (Lipinski definition) is 3. The molecule has 0 aliphatic rings. The molecule has 0 saturated heterocycles. The smallest absolute Gasteiger partial charge is 0.326 e. The molecule has 10 heteroatoms. The van der Waals surface area contributed by atoms with E-state index in [0.29, 0.717) is 5.75 Å². The van der Waals surface area contributed by atoms with Gasteiger partial charge in [-0.05, 0) is 48.5 Å². The van der Waals surface area contributed by atoms with E-state index in [1.54, 1.807) is 24.3 Å². The lowest BCUT2D eigenvalue weighted by Crippen LogP contribution is -2.42. The van der Waals surface area contributed by atoms with E-state index in [9.17, 15) is 24.2 Å². The molecule has 0 heterocycles. The summed E-state index contributed by atoms with van der Waals surface area (Å²) in [5.41, 5.74) is 4.12. The van der Waals surface area contributed by atoms with Crippen LogP contribution in [-0.2, 0) is 15.8 Å². The Kier molecular flexibility index (Phi) is 8.84. The Morgan fingerprint density at radius 1 is 1.08 bits per heavy atom. The van der Waals surface area contributed by atoms with Gasteiger partial charge in [0.2, 0.25) is 0 Å². The summed E-state index contributed by atoms with van der Waals surface area (Å²) in [5, 5.41) is 12.0. The second-order valence-corrected chi connectivity index (χ2v) is 10.6. The van der Waals surface area contributed by atoms with Crippen molar-refractivity contribution in [2.75, 3.05) is 7.11 Å². The van der Waals surface area contributed by atoms with Crippen molar-refractivity contribution in [2.45, 2.75) is 19.4 Å². The molecule has 0 fully saturated rings. The molecule has 186 valence electrons. The highest BCUT2D eigenvalue weighted by Gasteiger charge is 2.24. The molecule has 0 bridgehead atoms. The third kappa shape index (κ3) is 6.90. The van der Waals surface area contributed by atoms with Crippen molar-refractivity contribution in [1.29, 1.82) is 0 Å². The number of carbonyl (C=O) groups is 2. The first kappa shape index (κ1) is 27.3. The number of rotatable bonds is 7. The number of nitrogens with one attached hydrogen (secondary N) is 1. The first-order valence-electron chi connectivity index (χ1n) is 10.6. The van der Waals surface area contributed by atoms with Crippen LogP contribution in [0.5, 0.6) is 5.75 Å². The van der Waals surface area contributed by atoms with Gasteiger partial charge in [0.1, 0.15) is 11.8 Å². The van der Waals surface area contributed by atoms with Gasteiger partial charge in [-0.2, -0.15) is 0 Å². The SMILES string of the molecule is COc1cccc(P(=O)(O)C#Cc2cc(Cl)c(C(=O)N[C@@H](Cc3cccc(C)c3)C(=O)O)c(Cl)c2)c1. The molecule has 2 atom stereocenters. The van der Waals surface area contributed by atoms with E-state index in [-0.39, 0.29) is 32.9 Å². The Morgan fingerprint density at radius 3 is 2.36 bits per heavy atom. The van der Waals surface area contributed by atoms with Crippen molar-refractivity contribution in [3.8, 4) is 17.3 Å². The van der Waals surface area contributed by atoms with Gasteiger partial charge in [-0.15, -0.1) is 0 Å². The Labute approximate surface area is 218 Å². The second-order valence-electron chi connectivity index (χ2n) is 7.89. The zero-order valence-electron chi connectivity index (χ0n) is 19.3. The average Bonchev–Trinajstić information content (AvgIpc) is 2.82. The van der Waals surface area contributed by atoms with Gasteiger partial charge in [0.25, 0.3) is 5.91 Å². The number of carboxylic acid groups (broad SMARTS) is 1. The molecule has 0 spiro atoms. The molecule has 1 unspecified atom stereocenters. The lowest BCUT2D eigenvalue weighted by Gasteiger charge is -2.16. The monoisotopic (exact) mass is 545 g/mol. The molecular weight excluding hydrogens is 524 g/mol. The van der Waals surface area contributed by atoms with E-state index in [0.717, 1.165) is 11.1 Å². The minimum absolute atomic E-state index is 0.0671. The second kappa shape index (κ2) is 11.6. The van der Waals surface area contributed by atoms with E-state index >= 15 is 0 Å². The summed E-state index contributed by atoms with van der Waals surface area (Å²) in [6.07, 6.45) is 0.0671. The van der Waals surface area contributed by atoms with Crippen molar-refractivity contribution >= 4 is 47.8 Å². The topological polar surface area (TPSA) is 113 Å². The zero-order valence-corrected chi connectivity index (χ0v) is 21.7. The minimum Gasteiger partial charge on any atom is -0.497 e. The number of carboxylic acids is 1. The van der Waals surface area contributed by atoms with E-state index in [1.807, 2.05) is 19.1 Å². The molecule has 3 N–H and O–H groups in total. The van der Waals surface area contributed by atoms with Crippen molar-refractivity contribution in [3.05, 3.63) is 93.0 Å². The number of benzene rings is 3. The molecule has 0 saturated carbocycles. The highest BCUT2D eigenvalue weighted by Crippen LogP contribution is 2.38. The standard InChI is InChI=1S/C26H22Cl2NO6P/c1-16-5-3-6-17(11-16)14-23(26(31)32)29-25(30)24-21(27)12-18(13-22(24)28)9-10-36(33,34)20-8-4-7-19(15-20)35-2/h3-8,11-13,15,23H,14H2,1-2H3,(H,29,30)(H,31,32)(H,33,34)/t23-/m0/s1. The van der Waals surface area contributed by atoms with Crippen molar-refractivity contribution in [3.63, 3.8) is 0 Å². The maximum absolute atomic E-state index is 12.9. The predicted octanol–water partition coefficient (Wildman–Crippen LogP) is 4.64. The molecule has 0 aliphatic carbocycles. The average molecular weight is 546 g/mol. The van der Waals surface area contributed by atoms with Crippen LogP contribution in [0.15, 0.2) is 60.7 Å². The molecule has 1 amide bonds. The van der Waals surface area contributed by atoms with Crippen LogP contribution in [0.2, 0.25) is 10.0 Å².